The van der Waals surface area contributed by atoms with Crippen LogP contribution in [0.2, 0.25) is 5.02 Å². The van der Waals surface area contributed by atoms with E-state index in [0.29, 0.717) is 16.3 Å². The number of ketones is 1. The van der Waals surface area contributed by atoms with Crippen LogP contribution in [0.1, 0.15) is 18.6 Å². The predicted octanol–water partition coefficient (Wildman–Crippen LogP) is 3.87. The Morgan fingerprint density at radius 1 is 1.16 bits per heavy atom. The lowest BCUT2D eigenvalue weighted by Crippen LogP contribution is -2.18. The van der Waals surface area contributed by atoms with E-state index in [0.717, 1.165) is 0 Å². The molecule has 1 aliphatic rings. The number of carbonyl (C=O) groups is 2. The molecule has 1 heterocycles. The molecule has 1 aliphatic heterocycles. The second-order valence-corrected chi connectivity index (χ2v) is 5.88. The molecule has 3 rings (SSSR count). The van der Waals surface area contributed by atoms with Crippen molar-refractivity contribution in [2.75, 3.05) is 11.9 Å². The number of benzene rings is 2. The molecular formula is C19H16ClNO4. The van der Waals surface area contributed by atoms with E-state index in [1.54, 1.807) is 43.3 Å². The van der Waals surface area contributed by atoms with Crippen LogP contribution in [0.25, 0.3) is 0 Å². The fraction of sp³-hybridized carbons (Fsp3) is 0.158. The van der Waals surface area contributed by atoms with Gasteiger partial charge >= 0.3 is 5.97 Å². The van der Waals surface area contributed by atoms with Crippen molar-refractivity contribution in [1.29, 1.82) is 0 Å². The molecule has 1 unspecified atom stereocenters. The Labute approximate surface area is 150 Å². The van der Waals surface area contributed by atoms with Gasteiger partial charge in [0, 0.05) is 16.3 Å². The Bertz CT molecular complexity index is 832. The standard InChI is InChI=1S/C19H16ClNO4/c1-12(14-9-5-6-10-15(14)20)25-19(23)17-16(22)11-24-18(17)21-13-7-3-2-4-8-13/h2-10,12,21H,11H2,1H3. The maximum Gasteiger partial charge on any atom is 0.348 e. The van der Waals surface area contributed by atoms with Crippen molar-refractivity contribution >= 4 is 29.0 Å². The number of ether oxygens (including phenoxy) is 2. The van der Waals surface area contributed by atoms with Crippen LogP contribution in [0.15, 0.2) is 66.1 Å². The molecule has 25 heavy (non-hydrogen) atoms. The lowest BCUT2D eigenvalue weighted by atomic mass is 10.1. The van der Waals surface area contributed by atoms with Crippen molar-refractivity contribution in [3.63, 3.8) is 0 Å². The van der Waals surface area contributed by atoms with Gasteiger partial charge in [-0.1, -0.05) is 48.0 Å². The van der Waals surface area contributed by atoms with Crippen LogP contribution in [-0.4, -0.2) is 18.4 Å². The Morgan fingerprint density at radius 2 is 1.84 bits per heavy atom. The molecule has 1 N–H and O–H groups in total. The highest BCUT2D eigenvalue weighted by atomic mass is 35.5. The van der Waals surface area contributed by atoms with Crippen LogP contribution < -0.4 is 5.32 Å². The lowest BCUT2D eigenvalue weighted by Gasteiger charge is -2.15. The number of carbonyl (C=O) groups excluding carboxylic acids is 2. The van der Waals surface area contributed by atoms with E-state index in [1.807, 2.05) is 18.2 Å². The fourth-order valence-electron chi connectivity index (χ4n) is 2.45. The lowest BCUT2D eigenvalue weighted by molar-refractivity contribution is -0.144. The Morgan fingerprint density at radius 3 is 2.56 bits per heavy atom. The molecule has 1 atom stereocenters. The van der Waals surface area contributed by atoms with Crippen LogP contribution in [0.4, 0.5) is 5.69 Å². The first-order valence-corrected chi connectivity index (χ1v) is 8.12. The smallest absolute Gasteiger partial charge is 0.348 e. The van der Waals surface area contributed by atoms with Crippen molar-refractivity contribution in [2.45, 2.75) is 13.0 Å². The van der Waals surface area contributed by atoms with E-state index in [9.17, 15) is 9.59 Å². The van der Waals surface area contributed by atoms with Crippen LogP contribution >= 0.6 is 11.6 Å². The summed E-state index contributed by atoms with van der Waals surface area (Å²) in [5.41, 5.74) is 1.25. The summed E-state index contributed by atoms with van der Waals surface area (Å²) in [5, 5.41) is 3.43. The third-order valence-corrected chi connectivity index (χ3v) is 4.06. The minimum Gasteiger partial charge on any atom is -0.470 e. The highest BCUT2D eigenvalue weighted by Crippen LogP contribution is 2.27. The SMILES string of the molecule is CC(OC(=O)C1=C(Nc2ccccc2)OCC1=O)c1ccccc1Cl. The van der Waals surface area contributed by atoms with Gasteiger partial charge < -0.3 is 14.8 Å². The van der Waals surface area contributed by atoms with Crippen LogP contribution in [0.5, 0.6) is 0 Å². The summed E-state index contributed by atoms with van der Waals surface area (Å²) in [6.07, 6.45) is -0.597. The summed E-state index contributed by atoms with van der Waals surface area (Å²) in [5.74, 6) is -1.06. The Hall–Kier alpha value is -2.79. The van der Waals surface area contributed by atoms with Gasteiger partial charge in [0.25, 0.3) is 0 Å². The van der Waals surface area contributed by atoms with Gasteiger partial charge in [-0.2, -0.15) is 0 Å². The molecule has 0 saturated heterocycles. The number of nitrogens with one attached hydrogen (secondary N) is 1. The molecule has 2 aromatic carbocycles. The largest absolute Gasteiger partial charge is 0.470 e. The Balaban J connectivity index is 1.80. The van der Waals surface area contributed by atoms with Gasteiger partial charge in [0.15, 0.2) is 12.2 Å². The normalized spacial score (nSPS) is 14.9. The van der Waals surface area contributed by atoms with Crippen molar-refractivity contribution in [1.82, 2.24) is 0 Å². The first-order chi connectivity index (χ1) is 12.1. The van der Waals surface area contributed by atoms with Gasteiger partial charge in [-0.25, -0.2) is 4.79 Å². The van der Waals surface area contributed by atoms with Crippen LogP contribution in [0.3, 0.4) is 0 Å². The molecule has 0 spiro atoms. The molecule has 5 nitrogen and oxygen atoms in total. The molecule has 128 valence electrons. The topological polar surface area (TPSA) is 64.6 Å². The third-order valence-electron chi connectivity index (χ3n) is 3.72. The number of esters is 1. The average molecular weight is 358 g/mol. The number of halogens is 1. The van der Waals surface area contributed by atoms with Crippen molar-refractivity contribution in [3.05, 3.63) is 76.6 Å². The first-order valence-electron chi connectivity index (χ1n) is 7.74. The quantitative estimate of drug-likeness (QED) is 0.650. The summed E-state index contributed by atoms with van der Waals surface area (Å²) in [4.78, 5) is 24.5. The molecule has 0 aliphatic carbocycles. The number of hydrogen-bond acceptors (Lipinski definition) is 5. The number of Topliss-reactive ketones (excluding diaryl/α,β-unsaturated/α-hetero) is 1. The fourth-order valence-corrected chi connectivity index (χ4v) is 2.74. The van der Waals surface area contributed by atoms with Crippen molar-refractivity contribution in [3.8, 4) is 0 Å². The van der Waals surface area contributed by atoms with Gasteiger partial charge in [-0.3, -0.25) is 4.79 Å². The van der Waals surface area contributed by atoms with Gasteiger partial charge in [0.2, 0.25) is 11.7 Å². The van der Waals surface area contributed by atoms with Crippen LogP contribution in [0, 0.1) is 0 Å². The summed E-state index contributed by atoms with van der Waals surface area (Å²) >= 11 is 6.12. The van der Waals surface area contributed by atoms with E-state index in [4.69, 9.17) is 21.1 Å². The molecule has 0 amide bonds. The van der Waals surface area contributed by atoms with Gasteiger partial charge in [0.1, 0.15) is 6.10 Å². The zero-order valence-corrected chi connectivity index (χ0v) is 14.2. The maximum absolute atomic E-state index is 12.5. The number of rotatable bonds is 5. The second-order valence-electron chi connectivity index (χ2n) is 5.48. The number of hydrogen-bond donors (Lipinski definition) is 1. The molecule has 0 radical (unpaired) electrons. The monoisotopic (exact) mass is 357 g/mol. The van der Waals surface area contributed by atoms with E-state index in [1.165, 1.54) is 0 Å². The molecule has 0 saturated carbocycles. The molecular weight excluding hydrogens is 342 g/mol. The Kier molecular flexibility index (Phi) is 5.05. The van der Waals surface area contributed by atoms with Crippen molar-refractivity contribution in [2.24, 2.45) is 0 Å². The van der Waals surface area contributed by atoms with E-state index in [-0.39, 0.29) is 18.1 Å². The van der Waals surface area contributed by atoms with Crippen molar-refractivity contribution < 1.29 is 19.1 Å². The zero-order valence-electron chi connectivity index (χ0n) is 13.5. The predicted molar refractivity (Wildman–Crippen MR) is 94.0 cm³/mol. The molecule has 0 fully saturated rings. The second kappa shape index (κ2) is 7.40. The molecule has 0 aromatic heterocycles. The van der Waals surface area contributed by atoms with E-state index >= 15 is 0 Å². The highest BCUT2D eigenvalue weighted by Gasteiger charge is 2.33. The zero-order chi connectivity index (χ0) is 17.8. The average Bonchev–Trinajstić information content (AvgIpc) is 2.96. The minimum atomic E-state index is -0.742. The number of anilines is 1. The number of para-hydroxylation sites is 1. The summed E-state index contributed by atoms with van der Waals surface area (Å²) in [6, 6.07) is 16.2. The first kappa shape index (κ1) is 17.0. The molecule has 0 bridgehead atoms. The molecule has 2 aromatic rings. The molecule has 6 heteroatoms. The van der Waals surface area contributed by atoms with E-state index < -0.39 is 17.9 Å². The highest BCUT2D eigenvalue weighted by molar-refractivity contribution is 6.31. The van der Waals surface area contributed by atoms with Gasteiger partial charge in [-0.15, -0.1) is 0 Å². The minimum absolute atomic E-state index is 0.104. The third kappa shape index (κ3) is 3.83. The van der Waals surface area contributed by atoms with Gasteiger partial charge in [0.05, 0.1) is 0 Å². The summed E-state index contributed by atoms with van der Waals surface area (Å²) < 4.78 is 10.7. The van der Waals surface area contributed by atoms with Gasteiger partial charge in [-0.05, 0) is 25.1 Å². The maximum atomic E-state index is 12.5. The summed E-state index contributed by atoms with van der Waals surface area (Å²) in [7, 11) is 0. The summed E-state index contributed by atoms with van der Waals surface area (Å²) in [6.45, 7) is 1.50. The van der Waals surface area contributed by atoms with E-state index in [2.05, 4.69) is 5.32 Å². The van der Waals surface area contributed by atoms with Crippen LogP contribution in [-0.2, 0) is 19.1 Å².